The van der Waals surface area contributed by atoms with Crippen LogP contribution in [0.5, 0.6) is 0 Å². The van der Waals surface area contributed by atoms with Gasteiger partial charge in [0.15, 0.2) is 0 Å². The first-order valence-electron chi connectivity index (χ1n) is 6.86. The second-order valence-electron chi connectivity index (χ2n) is 4.85. The van der Waals surface area contributed by atoms with Crippen molar-refractivity contribution >= 4 is 23.1 Å². The lowest BCUT2D eigenvalue weighted by Gasteiger charge is -2.06. The summed E-state index contributed by atoms with van der Waals surface area (Å²) in [4.78, 5) is 6.78. The van der Waals surface area contributed by atoms with Crippen LogP contribution in [0, 0.1) is 5.82 Å². The summed E-state index contributed by atoms with van der Waals surface area (Å²) < 4.78 is 14.2. The molecule has 0 atom stereocenters. The van der Waals surface area contributed by atoms with Crippen LogP contribution in [0.25, 0.3) is 10.6 Å². The smallest absolute Gasteiger partial charge is 0.134 e. The third-order valence-corrected chi connectivity index (χ3v) is 5.42. The van der Waals surface area contributed by atoms with E-state index in [9.17, 15) is 4.39 Å². The summed E-state index contributed by atoms with van der Waals surface area (Å²) in [5.41, 5.74) is 7.56. The number of hydrogen-bond acceptors (Lipinski definition) is 4. The molecule has 0 spiro atoms. The summed E-state index contributed by atoms with van der Waals surface area (Å²) in [7, 11) is 0. The maximum absolute atomic E-state index is 14.2. The van der Waals surface area contributed by atoms with Crippen LogP contribution in [-0.2, 0) is 6.54 Å². The summed E-state index contributed by atoms with van der Waals surface area (Å²) in [5.74, 6) is 1.27. The fourth-order valence-electron chi connectivity index (χ4n) is 2.28. The SMILES string of the molecule is CCSc1cccc(F)c1-c1nc(C2CC2)c(CN)s1. The average Bonchev–Trinajstić information content (AvgIpc) is 3.20. The Kier molecular flexibility index (Phi) is 4.10. The Morgan fingerprint density at radius 2 is 2.25 bits per heavy atom. The first kappa shape index (κ1) is 14.0. The molecule has 2 aromatic rings. The molecule has 20 heavy (non-hydrogen) atoms. The summed E-state index contributed by atoms with van der Waals surface area (Å²) in [6, 6.07) is 5.23. The molecule has 2 nitrogen and oxygen atoms in total. The zero-order valence-electron chi connectivity index (χ0n) is 11.4. The van der Waals surface area contributed by atoms with E-state index < -0.39 is 0 Å². The molecule has 1 aliphatic carbocycles. The van der Waals surface area contributed by atoms with Gasteiger partial charge in [-0.1, -0.05) is 13.0 Å². The molecule has 0 unspecified atom stereocenters. The number of benzene rings is 1. The van der Waals surface area contributed by atoms with Gasteiger partial charge in [-0.3, -0.25) is 0 Å². The van der Waals surface area contributed by atoms with Crippen molar-refractivity contribution in [2.75, 3.05) is 5.75 Å². The van der Waals surface area contributed by atoms with Crippen molar-refractivity contribution in [1.82, 2.24) is 4.98 Å². The highest BCUT2D eigenvalue weighted by Crippen LogP contribution is 2.45. The summed E-state index contributed by atoms with van der Waals surface area (Å²) in [6.07, 6.45) is 2.37. The predicted octanol–water partition coefficient (Wildman–Crippen LogP) is 4.40. The van der Waals surface area contributed by atoms with Gasteiger partial charge in [0.1, 0.15) is 10.8 Å². The van der Waals surface area contributed by atoms with E-state index in [1.54, 1.807) is 29.2 Å². The van der Waals surface area contributed by atoms with Gasteiger partial charge in [-0.2, -0.15) is 0 Å². The molecule has 1 aromatic carbocycles. The maximum atomic E-state index is 14.2. The molecule has 0 amide bonds. The number of thiazole rings is 1. The number of hydrogen-bond donors (Lipinski definition) is 1. The van der Waals surface area contributed by atoms with Gasteiger partial charge in [0.25, 0.3) is 0 Å². The van der Waals surface area contributed by atoms with Gasteiger partial charge in [0.2, 0.25) is 0 Å². The number of aromatic nitrogens is 1. The van der Waals surface area contributed by atoms with Crippen molar-refractivity contribution < 1.29 is 4.39 Å². The van der Waals surface area contributed by atoms with Gasteiger partial charge in [0, 0.05) is 22.2 Å². The lowest BCUT2D eigenvalue weighted by molar-refractivity contribution is 0.628. The standard InChI is InChI=1S/C15H17FN2S2/c1-2-19-11-5-3-4-10(16)13(11)15-18-14(9-6-7-9)12(8-17)20-15/h3-5,9H,2,6-8,17H2,1H3. The Morgan fingerprint density at radius 1 is 1.45 bits per heavy atom. The molecular weight excluding hydrogens is 291 g/mol. The van der Waals surface area contributed by atoms with Gasteiger partial charge in [-0.15, -0.1) is 23.1 Å². The Hall–Kier alpha value is -0.910. The van der Waals surface area contributed by atoms with Gasteiger partial charge >= 0.3 is 0 Å². The molecule has 2 N–H and O–H groups in total. The topological polar surface area (TPSA) is 38.9 Å². The zero-order valence-corrected chi connectivity index (χ0v) is 13.0. The molecule has 1 fully saturated rings. The molecule has 3 rings (SSSR count). The second-order valence-corrected chi connectivity index (χ2v) is 7.24. The van der Waals surface area contributed by atoms with Crippen LogP contribution >= 0.6 is 23.1 Å². The Bertz CT molecular complexity index is 620. The molecule has 1 aromatic heterocycles. The van der Waals surface area contributed by atoms with E-state index in [1.165, 1.54) is 18.9 Å². The normalized spacial score (nSPS) is 14.8. The molecule has 1 aliphatic rings. The minimum Gasteiger partial charge on any atom is -0.326 e. The minimum absolute atomic E-state index is 0.192. The highest BCUT2D eigenvalue weighted by molar-refractivity contribution is 7.99. The van der Waals surface area contributed by atoms with Crippen molar-refractivity contribution in [1.29, 1.82) is 0 Å². The maximum Gasteiger partial charge on any atom is 0.134 e. The average molecular weight is 308 g/mol. The fourth-order valence-corrected chi connectivity index (χ4v) is 4.26. The van der Waals surface area contributed by atoms with Crippen molar-refractivity contribution in [3.8, 4) is 10.6 Å². The summed E-state index contributed by atoms with van der Waals surface area (Å²) in [5, 5.41) is 0.779. The van der Waals surface area contributed by atoms with E-state index >= 15 is 0 Å². The molecule has 5 heteroatoms. The van der Waals surface area contributed by atoms with Gasteiger partial charge < -0.3 is 5.73 Å². The molecule has 0 bridgehead atoms. The minimum atomic E-state index is -0.192. The highest BCUT2D eigenvalue weighted by Gasteiger charge is 2.30. The van der Waals surface area contributed by atoms with Crippen LogP contribution in [0.1, 0.15) is 36.3 Å². The predicted molar refractivity (Wildman–Crippen MR) is 83.8 cm³/mol. The fraction of sp³-hybridized carbons (Fsp3) is 0.400. The zero-order chi connectivity index (χ0) is 14.1. The van der Waals surface area contributed by atoms with Crippen LogP contribution in [-0.4, -0.2) is 10.7 Å². The number of thioether (sulfide) groups is 1. The van der Waals surface area contributed by atoms with Crippen molar-refractivity contribution in [3.05, 3.63) is 34.6 Å². The molecule has 0 radical (unpaired) electrons. The Labute approximate surface area is 126 Å². The largest absolute Gasteiger partial charge is 0.326 e. The summed E-state index contributed by atoms with van der Waals surface area (Å²) in [6.45, 7) is 2.57. The number of nitrogens with two attached hydrogens (primary N) is 1. The Morgan fingerprint density at radius 3 is 2.90 bits per heavy atom. The second kappa shape index (κ2) is 5.84. The van der Waals surface area contributed by atoms with Gasteiger partial charge in [0.05, 0.1) is 11.3 Å². The van der Waals surface area contributed by atoms with Crippen LogP contribution in [0.15, 0.2) is 23.1 Å². The molecule has 1 saturated carbocycles. The number of nitrogens with zero attached hydrogens (tertiary/aromatic N) is 1. The quantitative estimate of drug-likeness (QED) is 0.832. The van der Waals surface area contributed by atoms with E-state index in [1.807, 2.05) is 6.07 Å². The lowest BCUT2D eigenvalue weighted by atomic mass is 10.2. The van der Waals surface area contributed by atoms with Gasteiger partial charge in [-0.05, 0) is 30.7 Å². The third kappa shape index (κ3) is 2.62. The molecule has 0 saturated heterocycles. The number of halogens is 1. The molecular formula is C15H17FN2S2. The molecule has 1 heterocycles. The number of rotatable bonds is 5. The van der Waals surface area contributed by atoms with E-state index in [4.69, 9.17) is 10.7 Å². The monoisotopic (exact) mass is 308 g/mol. The van der Waals surface area contributed by atoms with Crippen LogP contribution in [0.2, 0.25) is 0 Å². The van der Waals surface area contributed by atoms with Gasteiger partial charge in [-0.25, -0.2) is 9.37 Å². The molecule has 106 valence electrons. The van der Waals surface area contributed by atoms with E-state index in [-0.39, 0.29) is 5.82 Å². The van der Waals surface area contributed by atoms with Crippen molar-refractivity contribution in [2.45, 2.75) is 37.1 Å². The van der Waals surface area contributed by atoms with E-state index in [2.05, 4.69) is 6.92 Å². The van der Waals surface area contributed by atoms with Crippen molar-refractivity contribution in [2.24, 2.45) is 5.73 Å². The van der Waals surface area contributed by atoms with Crippen LogP contribution in [0.3, 0.4) is 0 Å². The summed E-state index contributed by atoms with van der Waals surface area (Å²) >= 11 is 3.20. The third-order valence-electron chi connectivity index (χ3n) is 3.37. The first-order valence-corrected chi connectivity index (χ1v) is 8.66. The van der Waals surface area contributed by atoms with E-state index in [0.29, 0.717) is 18.0 Å². The highest BCUT2D eigenvalue weighted by atomic mass is 32.2. The van der Waals surface area contributed by atoms with Crippen molar-refractivity contribution in [3.63, 3.8) is 0 Å². The lowest BCUT2D eigenvalue weighted by Crippen LogP contribution is -1.96. The van der Waals surface area contributed by atoms with Crippen LogP contribution in [0.4, 0.5) is 4.39 Å². The first-order chi connectivity index (χ1) is 9.74. The Balaban J connectivity index is 2.08. The molecule has 0 aliphatic heterocycles. The van der Waals surface area contributed by atoms with E-state index in [0.717, 1.165) is 26.2 Å². The van der Waals surface area contributed by atoms with Crippen LogP contribution < -0.4 is 5.73 Å².